The Morgan fingerprint density at radius 2 is 2.00 bits per heavy atom. The van der Waals surface area contributed by atoms with E-state index in [4.69, 9.17) is 0 Å². The second-order valence-electron chi connectivity index (χ2n) is 5.81. The molecule has 2 heteroatoms. The number of aliphatic hydroxyl groups is 1. The quantitative estimate of drug-likeness (QED) is 0.681. The summed E-state index contributed by atoms with van der Waals surface area (Å²) in [6, 6.07) is 0.655. The van der Waals surface area contributed by atoms with E-state index < -0.39 is 0 Å². The second-order valence-corrected chi connectivity index (χ2v) is 5.81. The van der Waals surface area contributed by atoms with Crippen LogP contribution in [0.2, 0.25) is 0 Å². The third-order valence-electron chi connectivity index (χ3n) is 3.85. The zero-order chi connectivity index (χ0) is 11.5. The van der Waals surface area contributed by atoms with Crippen LogP contribution in [0.5, 0.6) is 0 Å². The fourth-order valence-electron chi connectivity index (χ4n) is 2.06. The summed E-state index contributed by atoms with van der Waals surface area (Å²) in [4.78, 5) is 0. The second kappa shape index (κ2) is 5.31. The molecule has 15 heavy (non-hydrogen) atoms. The highest BCUT2D eigenvalue weighted by Gasteiger charge is 2.34. The summed E-state index contributed by atoms with van der Waals surface area (Å²) in [7, 11) is 0. The van der Waals surface area contributed by atoms with Crippen LogP contribution in [0.4, 0.5) is 0 Å². The molecule has 2 N–H and O–H groups in total. The van der Waals surface area contributed by atoms with Crippen molar-refractivity contribution in [1.82, 2.24) is 5.32 Å². The Hall–Kier alpha value is -0.0800. The molecule has 2 unspecified atom stereocenters. The van der Waals surface area contributed by atoms with E-state index in [9.17, 15) is 5.11 Å². The number of hydrogen-bond acceptors (Lipinski definition) is 2. The highest BCUT2D eigenvalue weighted by atomic mass is 16.3. The lowest BCUT2D eigenvalue weighted by Gasteiger charge is -2.31. The molecule has 1 saturated carbocycles. The van der Waals surface area contributed by atoms with Crippen molar-refractivity contribution in [2.24, 2.45) is 17.3 Å². The molecule has 0 bridgehead atoms. The Bertz CT molecular complexity index is 181. The number of aliphatic hydroxyl groups excluding tert-OH is 1. The van der Waals surface area contributed by atoms with E-state index in [0.717, 1.165) is 18.9 Å². The zero-order valence-corrected chi connectivity index (χ0v) is 10.7. The van der Waals surface area contributed by atoms with Gasteiger partial charge in [0.1, 0.15) is 0 Å². The van der Waals surface area contributed by atoms with Gasteiger partial charge in [-0.1, -0.05) is 27.7 Å². The average Bonchev–Trinajstić information content (AvgIpc) is 3.01. The smallest absolute Gasteiger partial charge is 0.0496 e. The van der Waals surface area contributed by atoms with Crippen molar-refractivity contribution in [2.75, 3.05) is 13.2 Å². The van der Waals surface area contributed by atoms with Crippen LogP contribution < -0.4 is 5.32 Å². The van der Waals surface area contributed by atoms with Crippen LogP contribution in [0.3, 0.4) is 0 Å². The SMILES string of the molecule is CCC(C)(CO)CNC(C(C)C)C1CC1. The van der Waals surface area contributed by atoms with Crippen LogP contribution in [0.25, 0.3) is 0 Å². The maximum Gasteiger partial charge on any atom is 0.0496 e. The average molecular weight is 213 g/mol. The summed E-state index contributed by atoms with van der Waals surface area (Å²) >= 11 is 0. The minimum atomic E-state index is 0.0576. The first-order valence-electron chi connectivity index (χ1n) is 6.36. The number of nitrogens with one attached hydrogen (secondary N) is 1. The van der Waals surface area contributed by atoms with Crippen molar-refractivity contribution >= 4 is 0 Å². The van der Waals surface area contributed by atoms with E-state index in [2.05, 4.69) is 33.0 Å². The van der Waals surface area contributed by atoms with Crippen LogP contribution in [0, 0.1) is 17.3 Å². The van der Waals surface area contributed by atoms with Crippen LogP contribution in [-0.4, -0.2) is 24.3 Å². The van der Waals surface area contributed by atoms with Gasteiger partial charge >= 0.3 is 0 Å². The van der Waals surface area contributed by atoms with Gasteiger partial charge in [-0.15, -0.1) is 0 Å². The zero-order valence-electron chi connectivity index (χ0n) is 10.7. The maximum absolute atomic E-state index is 9.35. The van der Waals surface area contributed by atoms with Crippen molar-refractivity contribution in [3.8, 4) is 0 Å². The molecule has 2 nitrogen and oxygen atoms in total. The fourth-order valence-corrected chi connectivity index (χ4v) is 2.06. The van der Waals surface area contributed by atoms with E-state index in [1.807, 2.05) is 0 Å². The Balaban J connectivity index is 2.38. The lowest BCUT2D eigenvalue weighted by atomic mass is 9.87. The molecule has 1 aliphatic rings. The van der Waals surface area contributed by atoms with Crippen LogP contribution in [-0.2, 0) is 0 Å². The number of rotatable bonds is 7. The minimum Gasteiger partial charge on any atom is -0.396 e. The van der Waals surface area contributed by atoms with E-state index >= 15 is 0 Å². The van der Waals surface area contributed by atoms with E-state index in [0.29, 0.717) is 12.0 Å². The summed E-state index contributed by atoms with van der Waals surface area (Å²) in [6.45, 7) is 10.1. The van der Waals surface area contributed by atoms with Crippen LogP contribution in [0.15, 0.2) is 0 Å². The van der Waals surface area contributed by atoms with Gasteiger partial charge in [0.05, 0.1) is 0 Å². The highest BCUT2D eigenvalue weighted by Crippen LogP contribution is 2.36. The van der Waals surface area contributed by atoms with Crippen molar-refractivity contribution in [1.29, 1.82) is 0 Å². The summed E-state index contributed by atoms with van der Waals surface area (Å²) in [6.07, 6.45) is 3.81. The molecule has 1 rings (SSSR count). The van der Waals surface area contributed by atoms with Gasteiger partial charge in [0.15, 0.2) is 0 Å². The predicted molar refractivity (Wildman–Crippen MR) is 64.8 cm³/mol. The third kappa shape index (κ3) is 3.76. The predicted octanol–water partition coefficient (Wildman–Crippen LogP) is 2.42. The topological polar surface area (TPSA) is 32.3 Å². The maximum atomic E-state index is 9.35. The molecule has 0 heterocycles. The third-order valence-corrected chi connectivity index (χ3v) is 3.85. The van der Waals surface area contributed by atoms with Crippen molar-refractivity contribution in [2.45, 2.75) is 53.0 Å². The normalized spacial score (nSPS) is 22.8. The molecule has 90 valence electrons. The van der Waals surface area contributed by atoms with Gasteiger partial charge in [-0.3, -0.25) is 0 Å². The fraction of sp³-hybridized carbons (Fsp3) is 1.00. The van der Waals surface area contributed by atoms with E-state index in [1.54, 1.807) is 0 Å². The monoisotopic (exact) mass is 213 g/mol. The summed E-state index contributed by atoms with van der Waals surface area (Å²) in [5.74, 6) is 1.60. The molecule has 1 fully saturated rings. The molecule has 2 atom stereocenters. The first kappa shape index (κ1) is 13.0. The Morgan fingerprint density at radius 1 is 1.40 bits per heavy atom. The Kier molecular flexibility index (Phi) is 4.60. The summed E-state index contributed by atoms with van der Waals surface area (Å²) in [5.41, 5.74) is 0.0576. The van der Waals surface area contributed by atoms with Gasteiger partial charge in [0, 0.05) is 24.6 Å². The largest absolute Gasteiger partial charge is 0.396 e. The molecule has 0 saturated heterocycles. The first-order valence-corrected chi connectivity index (χ1v) is 6.36. The summed E-state index contributed by atoms with van der Waals surface area (Å²) in [5, 5.41) is 13.0. The molecule has 0 radical (unpaired) electrons. The molecule has 0 aliphatic heterocycles. The molecule has 0 aromatic heterocycles. The Labute approximate surface area is 94.5 Å². The van der Waals surface area contributed by atoms with Crippen LogP contribution in [0.1, 0.15) is 47.0 Å². The molecule has 0 aromatic rings. The molecule has 0 aromatic carbocycles. The lowest BCUT2D eigenvalue weighted by Crippen LogP contribution is -2.43. The summed E-state index contributed by atoms with van der Waals surface area (Å²) < 4.78 is 0. The van der Waals surface area contributed by atoms with Gasteiger partial charge in [0.2, 0.25) is 0 Å². The number of hydrogen-bond donors (Lipinski definition) is 2. The van der Waals surface area contributed by atoms with Crippen molar-refractivity contribution < 1.29 is 5.11 Å². The van der Waals surface area contributed by atoms with Crippen molar-refractivity contribution in [3.05, 3.63) is 0 Å². The molecule has 0 spiro atoms. The van der Waals surface area contributed by atoms with Gasteiger partial charge in [0.25, 0.3) is 0 Å². The van der Waals surface area contributed by atoms with Gasteiger partial charge in [-0.2, -0.15) is 0 Å². The standard InChI is InChI=1S/C13H27NO/c1-5-13(4,9-15)8-14-12(10(2)3)11-6-7-11/h10-12,14-15H,5-9H2,1-4H3. The van der Waals surface area contributed by atoms with Crippen LogP contribution >= 0.6 is 0 Å². The highest BCUT2D eigenvalue weighted by molar-refractivity contribution is 4.89. The molecule has 0 amide bonds. The van der Waals surface area contributed by atoms with E-state index in [-0.39, 0.29) is 12.0 Å². The molecular weight excluding hydrogens is 186 g/mol. The van der Waals surface area contributed by atoms with Gasteiger partial charge in [-0.25, -0.2) is 0 Å². The molecule has 1 aliphatic carbocycles. The minimum absolute atomic E-state index is 0.0576. The Morgan fingerprint density at radius 3 is 2.33 bits per heavy atom. The van der Waals surface area contributed by atoms with E-state index in [1.165, 1.54) is 12.8 Å². The molecular formula is C13H27NO. The van der Waals surface area contributed by atoms with Gasteiger partial charge < -0.3 is 10.4 Å². The van der Waals surface area contributed by atoms with Gasteiger partial charge in [-0.05, 0) is 31.1 Å². The van der Waals surface area contributed by atoms with Crippen molar-refractivity contribution in [3.63, 3.8) is 0 Å². The lowest BCUT2D eigenvalue weighted by molar-refractivity contribution is 0.127. The first-order chi connectivity index (χ1) is 7.02.